The second kappa shape index (κ2) is 11.1. The van der Waals surface area contributed by atoms with Crippen molar-refractivity contribution in [3.05, 3.63) is 30.3 Å². The highest BCUT2D eigenvalue weighted by atomic mass is 16.5. The van der Waals surface area contributed by atoms with Crippen LogP contribution in [0.1, 0.15) is 39.0 Å². The lowest BCUT2D eigenvalue weighted by molar-refractivity contribution is -0.145. The lowest BCUT2D eigenvalue weighted by Gasteiger charge is -2.39. The molecule has 2 aliphatic heterocycles. The number of urea groups is 1. The van der Waals surface area contributed by atoms with Crippen molar-refractivity contribution in [2.75, 3.05) is 38.1 Å². The maximum atomic E-state index is 12.8. The number of carbonyl (C=O) groups excluding carboxylic acids is 3. The third kappa shape index (κ3) is 6.43. The number of para-hydroxylation sites is 1. The molecule has 3 unspecified atom stereocenters. The van der Waals surface area contributed by atoms with Gasteiger partial charge in [-0.25, -0.2) is 4.79 Å². The van der Waals surface area contributed by atoms with Gasteiger partial charge in [-0.2, -0.15) is 0 Å². The number of likely N-dealkylation sites (tertiary alicyclic amines) is 2. The Bertz CT molecular complexity index is 757. The number of piperidine rings is 1. The highest BCUT2D eigenvalue weighted by Crippen LogP contribution is 2.31. The number of anilines is 1. The van der Waals surface area contributed by atoms with Gasteiger partial charge in [-0.15, -0.1) is 0 Å². The van der Waals surface area contributed by atoms with Crippen LogP contribution in [-0.2, 0) is 14.3 Å². The number of hydrogen-bond acceptors (Lipinski definition) is 5. The van der Waals surface area contributed by atoms with Gasteiger partial charge in [0, 0.05) is 25.2 Å². The van der Waals surface area contributed by atoms with Crippen LogP contribution in [0.15, 0.2) is 30.3 Å². The fourth-order valence-electron chi connectivity index (χ4n) is 4.77. The van der Waals surface area contributed by atoms with Crippen LogP contribution in [0, 0.1) is 11.8 Å². The number of amides is 3. The SMILES string of the molecule is CCOC(=O)CC1CCN(C(=O)Nc2ccccc2)CC1CCN1CCCC1C(N)=O. The van der Waals surface area contributed by atoms with Crippen LogP contribution in [0.5, 0.6) is 0 Å². The van der Waals surface area contributed by atoms with Crippen LogP contribution in [0.2, 0.25) is 0 Å². The van der Waals surface area contributed by atoms with Crippen molar-refractivity contribution in [1.29, 1.82) is 0 Å². The second-order valence-electron chi connectivity index (χ2n) is 8.45. The highest BCUT2D eigenvalue weighted by Gasteiger charge is 2.35. The Morgan fingerprint density at radius 1 is 1.13 bits per heavy atom. The Balaban J connectivity index is 1.62. The maximum absolute atomic E-state index is 12.8. The van der Waals surface area contributed by atoms with Gasteiger partial charge in [0.2, 0.25) is 5.91 Å². The molecule has 3 N–H and O–H groups in total. The fourth-order valence-corrected chi connectivity index (χ4v) is 4.77. The summed E-state index contributed by atoms with van der Waals surface area (Å²) in [5.74, 6) is -0.132. The highest BCUT2D eigenvalue weighted by molar-refractivity contribution is 5.89. The van der Waals surface area contributed by atoms with E-state index in [1.54, 1.807) is 0 Å². The Morgan fingerprint density at radius 2 is 1.90 bits per heavy atom. The van der Waals surface area contributed by atoms with Crippen LogP contribution in [0.3, 0.4) is 0 Å². The van der Waals surface area contributed by atoms with Crippen molar-refractivity contribution in [3.63, 3.8) is 0 Å². The molecule has 3 atom stereocenters. The van der Waals surface area contributed by atoms with Crippen LogP contribution >= 0.6 is 0 Å². The Labute approximate surface area is 184 Å². The maximum Gasteiger partial charge on any atom is 0.321 e. The van der Waals surface area contributed by atoms with Crippen molar-refractivity contribution < 1.29 is 19.1 Å². The van der Waals surface area contributed by atoms with E-state index < -0.39 is 0 Å². The molecule has 0 radical (unpaired) electrons. The molecule has 0 saturated carbocycles. The molecule has 31 heavy (non-hydrogen) atoms. The van der Waals surface area contributed by atoms with Gasteiger partial charge in [0.25, 0.3) is 0 Å². The van der Waals surface area contributed by atoms with E-state index in [-0.39, 0.29) is 35.8 Å². The van der Waals surface area contributed by atoms with E-state index in [1.807, 2.05) is 42.2 Å². The molecule has 0 spiro atoms. The Morgan fingerprint density at radius 3 is 2.61 bits per heavy atom. The summed E-state index contributed by atoms with van der Waals surface area (Å²) in [6, 6.07) is 9.07. The smallest absolute Gasteiger partial charge is 0.321 e. The average Bonchev–Trinajstić information content (AvgIpc) is 3.23. The van der Waals surface area contributed by atoms with Crippen LogP contribution in [-0.4, -0.2) is 66.5 Å². The first kappa shape index (κ1) is 23.1. The van der Waals surface area contributed by atoms with Crippen molar-refractivity contribution in [3.8, 4) is 0 Å². The molecule has 1 aromatic rings. The minimum absolute atomic E-state index is 0.123. The molecular formula is C23H34N4O4. The molecule has 0 aliphatic carbocycles. The first-order valence-electron chi connectivity index (χ1n) is 11.3. The monoisotopic (exact) mass is 430 g/mol. The van der Waals surface area contributed by atoms with E-state index in [2.05, 4.69) is 10.2 Å². The third-order valence-corrected chi connectivity index (χ3v) is 6.42. The number of rotatable bonds is 8. The van der Waals surface area contributed by atoms with Gasteiger partial charge in [0.05, 0.1) is 12.6 Å². The third-order valence-electron chi connectivity index (χ3n) is 6.42. The quantitative estimate of drug-likeness (QED) is 0.617. The van der Waals surface area contributed by atoms with E-state index in [9.17, 15) is 14.4 Å². The van der Waals surface area contributed by atoms with Crippen LogP contribution in [0.25, 0.3) is 0 Å². The van der Waals surface area contributed by atoms with Gasteiger partial charge in [-0.05, 0) is 69.7 Å². The van der Waals surface area contributed by atoms with Crippen LogP contribution < -0.4 is 11.1 Å². The van der Waals surface area contributed by atoms with Gasteiger partial charge in [-0.1, -0.05) is 18.2 Å². The Kier molecular flexibility index (Phi) is 8.28. The first-order valence-corrected chi connectivity index (χ1v) is 11.3. The molecule has 8 heteroatoms. The molecule has 1 aromatic carbocycles. The summed E-state index contributed by atoms with van der Waals surface area (Å²) >= 11 is 0. The number of ether oxygens (including phenoxy) is 1. The summed E-state index contributed by atoms with van der Waals surface area (Å²) in [4.78, 5) is 40.6. The normalized spacial score (nSPS) is 24.0. The number of esters is 1. The topological polar surface area (TPSA) is 105 Å². The van der Waals surface area contributed by atoms with Gasteiger partial charge in [-0.3, -0.25) is 14.5 Å². The molecule has 2 aliphatic rings. The van der Waals surface area contributed by atoms with Gasteiger partial charge >= 0.3 is 12.0 Å². The summed E-state index contributed by atoms with van der Waals surface area (Å²) in [7, 11) is 0. The summed E-state index contributed by atoms with van der Waals surface area (Å²) in [5, 5.41) is 2.95. The van der Waals surface area contributed by atoms with Crippen molar-refractivity contribution >= 4 is 23.6 Å². The second-order valence-corrected chi connectivity index (χ2v) is 8.45. The minimum Gasteiger partial charge on any atom is -0.466 e. The molecule has 3 amide bonds. The Hall–Kier alpha value is -2.61. The van der Waals surface area contributed by atoms with E-state index in [1.165, 1.54) is 0 Å². The molecule has 2 saturated heterocycles. The molecule has 3 rings (SSSR count). The zero-order chi connectivity index (χ0) is 22.2. The minimum atomic E-state index is -0.270. The van der Waals surface area contributed by atoms with Crippen LogP contribution in [0.4, 0.5) is 10.5 Å². The van der Waals surface area contributed by atoms with Crippen molar-refractivity contribution in [2.24, 2.45) is 17.6 Å². The zero-order valence-electron chi connectivity index (χ0n) is 18.3. The van der Waals surface area contributed by atoms with Crippen molar-refractivity contribution in [1.82, 2.24) is 9.80 Å². The largest absolute Gasteiger partial charge is 0.466 e. The predicted molar refractivity (Wildman–Crippen MR) is 118 cm³/mol. The number of nitrogens with one attached hydrogen (secondary N) is 1. The molecular weight excluding hydrogens is 396 g/mol. The number of nitrogens with two attached hydrogens (primary N) is 1. The number of nitrogens with zero attached hydrogens (tertiary/aromatic N) is 2. The lowest BCUT2D eigenvalue weighted by atomic mass is 9.81. The van der Waals surface area contributed by atoms with E-state index in [0.29, 0.717) is 26.1 Å². The zero-order valence-corrected chi connectivity index (χ0v) is 18.3. The molecule has 0 bridgehead atoms. The number of hydrogen-bond donors (Lipinski definition) is 2. The molecule has 170 valence electrons. The number of carbonyl (C=O) groups is 3. The molecule has 2 fully saturated rings. The molecule has 2 heterocycles. The van der Waals surface area contributed by atoms with E-state index >= 15 is 0 Å². The number of benzene rings is 1. The summed E-state index contributed by atoms with van der Waals surface area (Å²) in [6.45, 7) is 4.97. The molecule has 8 nitrogen and oxygen atoms in total. The summed E-state index contributed by atoms with van der Waals surface area (Å²) in [5.41, 5.74) is 6.32. The average molecular weight is 431 g/mol. The van der Waals surface area contributed by atoms with Gasteiger partial charge in [0.1, 0.15) is 0 Å². The predicted octanol–water partition coefficient (Wildman–Crippen LogP) is 2.45. The summed E-state index contributed by atoms with van der Waals surface area (Å²) in [6.07, 6.45) is 3.70. The van der Waals surface area contributed by atoms with Crippen molar-refractivity contribution in [2.45, 2.75) is 45.1 Å². The molecule has 0 aromatic heterocycles. The number of primary amides is 1. The summed E-state index contributed by atoms with van der Waals surface area (Å²) < 4.78 is 5.17. The fraction of sp³-hybridized carbons (Fsp3) is 0.609. The standard InChI is InChI=1S/C23H34N4O4/c1-2-31-21(28)15-17-10-14-27(23(30)25-19-7-4-3-5-8-19)16-18(17)11-13-26-12-6-9-20(26)22(24)29/h3-5,7-8,17-18,20H,2,6,9-16H2,1H3,(H2,24,29)(H,25,30). The first-order chi connectivity index (χ1) is 15.0. The van der Waals surface area contributed by atoms with Gasteiger partial charge in [0.15, 0.2) is 0 Å². The van der Waals surface area contributed by atoms with E-state index in [0.717, 1.165) is 44.5 Å². The van der Waals surface area contributed by atoms with E-state index in [4.69, 9.17) is 10.5 Å². The van der Waals surface area contributed by atoms with Gasteiger partial charge < -0.3 is 20.7 Å². The lowest BCUT2D eigenvalue weighted by Crippen LogP contribution is -2.47.